The molecule has 0 radical (unpaired) electrons. The van der Waals surface area contributed by atoms with E-state index in [1.165, 1.54) is 18.4 Å². The fourth-order valence-electron chi connectivity index (χ4n) is 4.61. The molecular weight excluding hydrogens is 310 g/mol. The van der Waals surface area contributed by atoms with E-state index in [0.717, 1.165) is 13.0 Å². The summed E-state index contributed by atoms with van der Waals surface area (Å²) in [7, 11) is 0. The Labute approximate surface area is 152 Å². The van der Waals surface area contributed by atoms with Gasteiger partial charge < -0.3 is 4.74 Å². The summed E-state index contributed by atoms with van der Waals surface area (Å²) < 4.78 is 6.48. The van der Waals surface area contributed by atoms with Crippen molar-refractivity contribution in [2.45, 2.75) is 78.3 Å². The highest BCUT2D eigenvalue weighted by atomic mass is 16.5. The molecule has 0 spiro atoms. The minimum absolute atomic E-state index is 0.0170. The van der Waals surface area contributed by atoms with E-state index in [1.807, 2.05) is 19.9 Å². The van der Waals surface area contributed by atoms with Crippen molar-refractivity contribution in [2.24, 2.45) is 17.8 Å². The number of ether oxygens (including phenoxy) is 1. The number of benzene rings is 1. The zero-order valence-electron chi connectivity index (χ0n) is 16.4. The van der Waals surface area contributed by atoms with Crippen LogP contribution in [0.1, 0.15) is 59.4 Å². The molecule has 3 nitrogen and oxygen atoms in total. The van der Waals surface area contributed by atoms with Crippen molar-refractivity contribution < 1.29 is 9.53 Å². The Hall–Kier alpha value is -1.19. The lowest BCUT2D eigenvalue weighted by molar-refractivity contribution is -0.233. The number of rotatable bonds is 4. The molecule has 2 fully saturated rings. The lowest BCUT2D eigenvalue weighted by Gasteiger charge is -2.57. The predicted molar refractivity (Wildman–Crippen MR) is 101 cm³/mol. The van der Waals surface area contributed by atoms with Gasteiger partial charge in [-0.05, 0) is 38.2 Å². The van der Waals surface area contributed by atoms with Gasteiger partial charge in [0.15, 0.2) is 12.0 Å². The monoisotopic (exact) mass is 343 g/mol. The summed E-state index contributed by atoms with van der Waals surface area (Å²) >= 11 is 0. The maximum Gasteiger partial charge on any atom is 0.179 e. The Morgan fingerprint density at radius 1 is 1.24 bits per heavy atom. The highest BCUT2D eigenvalue weighted by Crippen LogP contribution is 2.46. The Morgan fingerprint density at radius 2 is 1.92 bits per heavy atom. The van der Waals surface area contributed by atoms with E-state index in [0.29, 0.717) is 11.8 Å². The van der Waals surface area contributed by atoms with Crippen molar-refractivity contribution in [1.29, 1.82) is 0 Å². The SMILES string of the molecule is CC(C)C(=O)[C@@H]1O[C@@H]2C[C@H](C)CC[C@H]2C(C)(C)N1Cc1ccccc1. The molecule has 1 aromatic carbocycles. The van der Waals surface area contributed by atoms with E-state index >= 15 is 0 Å². The molecule has 138 valence electrons. The van der Waals surface area contributed by atoms with Crippen molar-refractivity contribution in [1.82, 2.24) is 4.90 Å². The molecule has 4 atom stereocenters. The van der Waals surface area contributed by atoms with Crippen LogP contribution in [0.3, 0.4) is 0 Å². The van der Waals surface area contributed by atoms with Gasteiger partial charge in [-0.3, -0.25) is 9.69 Å². The molecule has 1 aliphatic heterocycles. The van der Waals surface area contributed by atoms with Gasteiger partial charge in [-0.25, -0.2) is 0 Å². The van der Waals surface area contributed by atoms with Crippen LogP contribution in [0.25, 0.3) is 0 Å². The van der Waals surface area contributed by atoms with Gasteiger partial charge in [-0.15, -0.1) is 0 Å². The van der Waals surface area contributed by atoms with Gasteiger partial charge in [0.1, 0.15) is 0 Å². The second-order valence-electron chi connectivity index (χ2n) is 8.88. The molecule has 1 aliphatic carbocycles. The van der Waals surface area contributed by atoms with E-state index in [-0.39, 0.29) is 23.3 Å². The van der Waals surface area contributed by atoms with Crippen LogP contribution in [-0.4, -0.2) is 28.6 Å². The standard InChI is InChI=1S/C22H33NO2/c1-15(2)20(24)21-23(14-17-9-7-6-8-10-17)22(4,5)18-12-11-16(3)13-19(18)25-21/h6-10,15-16,18-19,21H,11-14H2,1-5H3/t16-,18-,19-,21+/m1/s1. The molecular formula is C22H33NO2. The summed E-state index contributed by atoms with van der Waals surface area (Å²) in [5.74, 6) is 1.37. The molecule has 0 aromatic heterocycles. The van der Waals surface area contributed by atoms with Crippen LogP contribution in [0.4, 0.5) is 0 Å². The van der Waals surface area contributed by atoms with Crippen molar-refractivity contribution in [3.63, 3.8) is 0 Å². The third-order valence-corrected chi connectivity index (χ3v) is 6.30. The van der Waals surface area contributed by atoms with E-state index in [4.69, 9.17) is 4.74 Å². The minimum atomic E-state index is -0.429. The molecule has 0 N–H and O–H groups in total. The first-order chi connectivity index (χ1) is 11.8. The molecule has 0 amide bonds. The number of nitrogens with zero attached hydrogens (tertiary/aromatic N) is 1. The summed E-state index contributed by atoms with van der Waals surface area (Å²) in [6.45, 7) is 11.7. The first kappa shape index (κ1) is 18.6. The molecule has 1 saturated carbocycles. The van der Waals surface area contributed by atoms with Crippen LogP contribution in [-0.2, 0) is 16.1 Å². The molecule has 3 rings (SSSR count). The predicted octanol–water partition coefficient (Wildman–Crippen LogP) is 4.65. The average molecular weight is 344 g/mol. The fourth-order valence-corrected chi connectivity index (χ4v) is 4.61. The topological polar surface area (TPSA) is 29.5 Å². The van der Waals surface area contributed by atoms with Gasteiger partial charge in [0.05, 0.1) is 6.10 Å². The maximum absolute atomic E-state index is 13.0. The number of hydrogen-bond acceptors (Lipinski definition) is 3. The third kappa shape index (κ3) is 3.68. The fraction of sp³-hybridized carbons (Fsp3) is 0.682. The Balaban J connectivity index is 1.93. The third-order valence-electron chi connectivity index (χ3n) is 6.30. The normalized spacial score (nSPS) is 32.4. The summed E-state index contributed by atoms with van der Waals surface area (Å²) in [5.41, 5.74) is 1.19. The zero-order chi connectivity index (χ0) is 18.2. The molecule has 25 heavy (non-hydrogen) atoms. The summed E-state index contributed by atoms with van der Waals surface area (Å²) in [6, 6.07) is 10.5. The van der Waals surface area contributed by atoms with Crippen molar-refractivity contribution in [3.8, 4) is 0 Å². The Morgan fingerprint density at radius 3 is 2.56 bits per heavy atom. The summed E-state index contributed by atoms with van der Waals surface area (Å²) in [5, 5.41) is 0. The van der Waals surface area contributed by atoms with Gasteiger partial charge in [-0.2, -0.15) is 0 Å². The second kappa shape index (κ2) is 7.20. The number of carbonyl (C=O) groups is 1. The molecule has 0 bridgehead atoms. The van der Waals surface area contributed by atoms with E-state index in [9.17, 15) is 4.79 Å². The van der Waals surface area contributed by atoms with Gasteiger partial charge in [0, 0.05) is 23.9 Å². The van der Waals surface area contributed by atoms with E-state index in [1.54, 1.807) is 0 Å². The average Bonchev–Trinajstić information content (AvgIpc) is 2.57. The number of ketones is 1. The van der Waals surface area contributed by atoms with Crippen LogP contribution in [0, 0.1) is 17.8 Å². The number of carbonyl (C=O) groups excluding carboxylic acids is 1. The largest absolute Gasteiger partial charge is 0.352 e. The molecule has 1 aromatic rings. The van der Waals surface area contributed by atoms with Crippen LogP contribution < -0.4 is 0 Å². The van der Waals surface area contributed by atoms with E-state index in [2.05, 4.69) is 49.9 Å². The quantitative estimate of drug-likeness (QED) is 0.797. The Kier molecular flexibility index (Phi) is 5.36. The molecule has 3 heteroatoms. The lowest BCUT2D eigenvalue weighted by atomic mass is 9.69. The first-order valence-electron chi connectivity index (χ1n) is 9.80. The van der Waals surface area contributed by atoms with Crippen LogP contribution in [0.5, 0.6) is 0 Å². The van der Waals surface area contributed by atoms with Gasteiger partial charge in [0.25, 0.3) is 0 Å². The maximum atomic E-state index is 13.0. The molecule has 1 saturated heterocycles. The molecule has 0 unspecified atom stereocenters. The van der Waals surface area contributed by atoms with Crippen LogP contribution in [0.2, 0.25) is 0 Å². The van der Waals surface area contributed by atoms with Crippen LogP contribution in [0.15, 0.2) is 30.3 Å². The number of fused-ring (bicyclic) bond motifs is 1. The highest BCUT2D eigenvalue weighted by molar-refractivity contribution is 5.84. The minimum Gasteiger partial charge on any atom is -0.352 e. The smallest absolute Gasteiger partial charge is 0.179 e. The molecule has 2 aliphatic rings. The highest BCUT2D eigenvalue weighted by Gasteiger charge is 2.52. The summed E-state index contributed by atoms with van der Waals surface area (Å²) in [6.07, 6.45) is 3.30. The van der Waals surface area contributed by atoms with E-state index < -0.39 is 6.23 Å². The van der Waals surface area contributed by atoms with Crippen molar-refractivity contribution >= 4 is 5.78 Å². The zero-order valence-corrected chi connectivity index (χ0v) is 16.4. The van der Waals surface area contributed by atoms with Gasteiger partial charge >= 0.3 is 0 Å². The van der Waals surface area contributed by atoms with Crippen molar-refractivity contribution in [3.05, 3.63) is 35.9 Å². The molecule has 1 heterocycles. The van der Waals surface area contributed by atoms with Crippen LogP contribution >= 0.6 is 0 Å². The first-order valence-corrected chi connectivity index (χ1v) is 9.80. The van der Waals surface area contributed by atoms with Gasteiger partial charge in [0.2, 0.25) is 0 Å². The summed E-state index contributed by atoms with van der Waals surface area (Å²) in [4.78, 5) is 15.3. The second-order valence-corrected chi connectivity index (χ2v) is 8.88. The Bertz CT molecular complexity index is 595. The lowest BCUT2D eigenvalue weighted by Crippen LogP contribution is -2.66. The number of hydrogen-bond donors (Lipinski definition) is 0. The van der Waals surface area contributed by atoms with Gasteiger partial charge in [-0.1, -0.05) is 57.5 Å². The number of Topliss-reactive ketones (excluding diaryl/α,β-unsaturated/α-hetero) is 1. The van der Waals surface area contributed by atoms with Crippen molar-refractivity contribution in [2.75, 3.05) is 0 Å².